The minimum atomic E-state index is 0.0952. The number of methoxy groups -OCH3 is 1. The normalized spacial score (nSPS) is 21.1. The van der Waals surface area contributed by atoms with Gasteiger partial charge in [-0.2, -0.15) is 0 Å². The van der Waals surface area contributed by atoms with Crippen molar-refractivity contribution in [2.45, 2.75) is 19.3 Å². The van der Waals surface area contributed by atoms with E-state index in [0.717, 1.165) is 32.0 Å². The molecule has 1 unspecified atom stereocenters. The molecule has 0 aliphatic carbocycles. The third kappa shape index (κ3) is 4.58. The topological polar surface area (TPSA) is 50.4 Å². The molecule has 1 saturated heterocycles. The van der Waals surface area contributed by atoms with Crippen LogP contribution in [0.2, 0.25) is 0 Å². The van der Waals surface area contributed by atoms with Crippen LogP contribution in [0.1, 0.15) is 19.3 Å². The van der Waals surface area contributed by atoms with Gasteiger partial charge in [-0.25, -0.2) is 0 Å². The van der Waals surface area contributed by atoms with Crippen molar-refractivity contribution < 1.29 is 9.53 Å². The maximum absolute atomic E-state index is 11.2. The lowest BCUT2D eigenvalue weighted by Gasteiger charge is -2.08. The Morgan fingerprint density at radius 3 is 3.14 bits per heavy atom. The Kier molecular flexibility index (Phi) is 5.56. The molecule has 1 fully saturated rings. The van der Waals surface area contributed by atoms with Gasteiger partial charge in [0.05, 0.1) is 6.61 Å². The van der Waals surface area contributed by atoms with Gasteiger partial charge in [-0.15, -0.1) is 0 Å². The smallest absolute Gasteiger partial charge is 0.222 e. The number of carbonyl (C=O) groups is 1. The van der Waals surface area contributed by atoms with Crippen molar-refractivity contribution >= 4 is 5.91 Å². The third-order valence-electron chi connectivity index (χ3n) is 2.57. The number of nitrogens with one attached hydrogen (secondary N) is 2. The quantitative estimate of drug-likeness (QED) is 0.641. The molecule has 0 spiro atoms. The van der Waals surface area contributed by atoms with E-state index in [4.69, 9.17) is 4.74 Å². The molecule has 0 aromatic heterocycles. The van der Waals surface area contributed by atoms with E-state index in [9.17, 15) is 4.79 Å². The van der Waals surface area contributed by atoms with Crippen LogP contribution in [0.3, 0.4) is 0 Å². The zero-order valence-electron chi connectivity index (χ0n) is 8.84. The minimum absolute atomic E-state index is 0.0952. The number of amides is 1. The highest BCUT2D eigenvalue weighted by Gasteiger charge is 2.13. The molecule has 0 saturated carbocycles. The predicted octanol–water partition coefficient (Wildman–Crippen LogP) is 0.139. The largest absolute Gasteiger partial charge is 0.384 e. The van der Waals surface area contributed by atoms with Gasteiger partial charge in [-0.05, 0) is 31.8 Å². The van der Waals surface area contributed by atoms with Crippen molar-refractivity contribution in [2.24, 2.45) is 5.92 Å². The fraction of sp³-hybridized carbons (Fsp3) is 0.900. The van der Waals surface area contributed by atoms with Crippen LogP contribution in [-0.4, -0.2) is 39.3 Å². The van der Waals surface area contributed by atoms with Gasteiger partial charge in [0.2, 0.25) is 5.91 Å². The van der Waals surface area contributed by atoms with Crippen LogP contribution in [0.4, 0.5) is 0 Å². The van der Waals surface area contributed by atoms with Gasteiger partial charge in [0.1, 0.15) is 0 Å². The summed E-state index contributed by atoms with van der Waals surface area (Å²) < 4.78 is 4.82. The van der Waals surface area contributed by atoms with Crippen LogP contribution in [0.5, 0.6) is 0 Å². The molecule has 4 nitrogen and oxygen atoms in total. The van der Waals surface area contributed by atoms with Crippen LogP contribution in [0.15, 0.2) is 0 Å². The summed E-state index contributed by atoms with van der Waals surface area (Å²) >= 11 is 0. The highest BCUT2D eigenvalue weighted by molar-refractivity contribution is 5.75. The first kappa shape index (κ1) is 11.5. The molecule has 0 aromatic carbocycles. The number of hydrogen-bond acceptors (Lipinski definition) is 3. The predicted molar refractivity (Wildman–Crippen MR) is 55.1 cm³/mol. The van der Waals surface area contributed by atoms with E-state index in [1.165, 1.54) is 6.42 Å². The van der Waals surface area contributed by atoms with E-state index in [1.807, 2.05) is 0 Å². The SMILES string of the molecule is COCCC(=O)NCCC1CCNC1. The van der Waals surface area contributed by atoms with Gasteiger partial charge in [-0.1, -0.05) is 0 Å². The van der Waals surface area contributed by atoms with Gasteiger partial charge in [0.15, 0.2) is 0 Å². The molecule has 1 rings (SSSR count). The first-order chi connectivity index (χ1) is 6.83. The molecule has 82 valence electrons. The second-order valence-electron chi connectivity index (χ2n) is 3.74. The Morgan fingerprint density at radius 2 is 2.50 bits per heavy atom. The Bertz CT molecular complexity index is 168. The summed E-state index contributed by atoms with van der Waals surface area (Å²) in [5.74, 6) is 0.843. The molecule has 14 heavy (non-hydrogen) atoms. The van der Waals surface area contributed by atoms with Crippen molar-refractivity contribution in [3.8, 4) is 0 Å². The Hall–Kier alpha value is -0.610. The summed E-state index contributed by atoms with van der Waals surface area (Å²) in [5.41, 5.74) is 0. The van der Waals surface area contributed by atoms with Crippen LogP contribution in [-0.2, 0) is 9.53 Å². The second-order valence-corrected chi connectivity index (χ2v) is 3.74. The molecule has 1 amide bonds. The maximum atomic E-state index is 11.2. The number of rotatable bonds is 6. The summed E-state index contributed by atoms with van der Waals surface area (Å²) in [5, 5.41) is 6.21. The first-order valence-corrected chi connectivity index (χ1v) is 5.29. The summed E-state index contributed by atoms with van der Waals surface area (Å²) in [6.45, 7) is 3.54. The van der Waals surface area contributed by atoms with Gasteiger partial charge in [0.25, 0.3) is 0 Å². The van der Waals surface area contributed by atoms with Gasteiger partial charge < -0.3 is 15.4 Å². The number of carbonyl (C=O) groups excluding carboxylic acids is 1. The molecule has 1 atom stereocenters. The molecule has 1 heterocycles. The average molecular weight is 200 g/mol. The lowest BCUT2D eigenvalue weighted by atomic mass is 10.1. The van der Waals surface area contributed by atoms with E-state index >= 15 is 0 Å². The summed E-state index contributed by atoms with van der Waals surface area (Å²) in [6.07, 6.45) is 2.80. The molecule has 1 aliphatic rings. The summed E-state index contributed by atoms with van der Waals surface area (Å²) in [4.78, 5) is 11.2. The van der Waals surface area contributed by atoms with Crippen molar-refractivity contribution in [1.29, 1.82) is 0 Å². The van der Waals surface area contributed by atoms with Gasteiger partial charge in [0, 0.05) is 20.1 Å². The third-order valence-corrected chi connectivity index (χ3v) is 2.57. The fourth-order valence-corrected chi connectivity index (χ4v) is 1.66. The highest BCUT2D eigenvalue weighted by Crippen LogP contribution is 2.10. The highest BCUT2D eigenvalue weighted by atomic mass is 16.5. The lowest BCUT2D eigenvalue weighted by molar-refractivity contribution is -0.121. The lowest BCUT2D eigenvalue weighted by Crippen LogP contribution is -2.27. The maximum Gasteiger partial charge on any atom is 0.222 e. The molecule has 0 radical (unpaired) electrons. The van der Waals surface area contributed by atoms with Gasteiger partial charge in [-0.3, -0.25) is 4.79 Å². The minimum Gasteiger partial charge on any atom is -0.384 e. The molecular formula is C10H20N2O2. The number of hydrogen-bond donors (Lipinski definition) is 2. The molecule has 0 bridgehead atoms. The van der Waals surface area contributed by atoms with Crippen LogP contribution < -0.4 is 10.6 Å². The number of ether oxygens (including phenoxy) is 1. The summed E-state index contributed by atoms with van der Waals surface area (Å²) in [6, 6.07) is 0. The van der Waals surface area contributed by atoms with Crippen molar-refractivity contribution in [3.63, 3.8) is 0 Å². The molecule has 0 aromatic rings. The Morgan fingerprint density at radius 1 is 1.64 bits per heavy atom. The van der Waals surface area contributed by atoms with E-state index in [-0.39, 0.29) is 5.91 Å². The van der Waals surface area contributed by atoms with Crippen LogP contribution >= 0.6 is 0 Å². The zero-order chi connectivity index (χ0) is 10.2. The molecule has 4 heteroatoms. The van der Waals surface area contributed by atoms with Crippen molar-refractivity contribution in [3.05, 3.63) is 0 Å². The second kappa shape index (κ2) is 6.79. The zero-order valence-corrected chi connectivity index (χ0v) is 8.84. The Labute approximate surface area is 85.4 Å². The standard InChI is InChI=1S/C10H20N2O2/c1-14-7-4-10(13)12-6-3-9-2-5-11-8-9/h9,11H,2-8H2,1H3,(H,12,13). The average Bonchev–Trinajstić information content (AvgIpc) is 2.67. The first-order valence-electron chi connectivity index (χ1n) is 5.29. The van der Waals surface area contributed by atoms with Crippen molar-refractivity contribution in [2.75, 3.05) is 33.4 Å². The van der Waals surface area contributed by atoms with E-state index in [2.05, 4.69) is 10.6 Å². The summed E-state index contributed by atoms with van der Waals surface area (Å²) in [7, 11) is 1.61. The molecular weight excluding hydrogens is 180 g/mol. The molecule has 2 N–H and O–H groups in total. The van der Waals surface area contributed by atoms with E-state index in [0.29, 0.717) is 13.0 Å². The van der Waals surface area contributed by atoms with Gasteiger partial charge >= 0.3 is 0 Å². The van der Waals surface area contributed by atoms with Crippen LogP contribution in [0.25, 0.3) is 0 Å². The fourth-order valence-electron chi connectivity index (χ4n) is 1.66. The molecule has 1 aliphatic heterocycles. The Balaban J connectivity index is 1.94. The van der Waals surface area contributed by atoms with Crippen LogP contribution in [0, 0.1) is 5.92 Å². The van der Waals surface area contributed by atoms with Crippen molar-refractivity contribution in [1.82, 2.24) is 10.6 Å². The monoisotopic (exact) mass is 200 g/mol. The van der Waals surface area contributed by atoms with E-state index in [1.54, 1.807) is 7.11 Å². The van der Waals surface area contributed by atoms with E-state index < -0.39 is 0 Å².